The van der Waals surface area contributed by atoms with Gasteiger partial charge in [0.05, 0.1) is 10.6 Å². The molecule has 2 aromatic carbocycles. The second kappa shape index (κ2) is 5.36. The molecule has 4 rings (SSSR count). The van der Waals surface area contributed by atoms with Crippen LogP contribution in [0.5, 0.6) is 11.5 Å². The van der Waals surface area contributed by atoms with Gasteiger partial charge >= 0.3 is 0 Å². The first-order valence-corrected chi connectivity index (χ1v) is 7.69. The summed E-state index contributed by atoms with van der Waals surface area (Å²) in [6.45, 7) is 0.240. The van der Waals surface area contributed by atoms with Crippen molar-refractivity contribution in [1.82, 2.24) is 4.98 Å². The molecule has 0 spiro atoms. The van der Waals surface area contributed by atoms with E-state index in [-0.39, 0.29) is 12.5 Å². The fourth-order valence-electron chi connectivity index (χ4n) is 2.32. The van der Waals surface area contributed by atoms with Crippen molar-refractivity contribution in [2.45, 2.75) is 0 Å². The number of nitro benzene ring substituents is 1. The Kier molecular flexibility index (Phi) is 3.20. The molecule has 0 saturated carbocycles. The minimum Gasteiger partial charge on any atom is -0.454 e. The van der Waals surface area contributed by atoms with Crippen LogP contribution in [0.4, 0.5) is 5.69 Å². The first-order chi connectivity index (χ1) is 11.2. The van der Waals surface area contributed by atoms with Crippen molar-refractivity contribution >= 4 is 17.0 Å². The number of rotatable bonds is 3. The zero-order valence-corrected chi connectivity index (χ0v) is 12.6. The summed E-state index contributed by atoms with van der Waals surface area (Å²) in [6.07, 6.45) is 0. The van der Waals surface area contributed by atoms with Crippen LogP contribution in [0.3, 0.4) is 0 Å². The predicted molar refractivity (Wildman–Crippen MR) is 85.8 cm³/mol. The third-order valence-corrected chi connectivity index (χ3v) is 4.39. The fourth-order valence-corrected chi connectivity index (χ4v) is 3.16. The van der Waals surface area contributed by atoms with Gasteiger partial charge in [0.15, 0.2) is 11.5 Å². The second-order valence-corrected chi connectivity index (χ2v) is 5.77. The standard InChI is InChI=1S/C16H10N2O4S/c19-18(20)12-4-1-10(2-5-12)16-17-13(8-23-16)11-3-6-14-15(7-11)22-9-21-14/h1-8H,9H2. The maximum absolute atomic E-state index is 10.7. The smallest absolute Gasteiger partial charge is 0.269 e. The maximum Gasteiger partial charge on any atom is 0.269 e. The van der Waals surface area contributed by atoms with Crippen LogP contribution in [0.1, 0.15) is 0 Å². The highest BCUT2D eigenvalue weighted by atomic mass is 32.1. The molecule has 0 unspecified atom stereocenters. The number of ether oxygens (including phenoxy) is 2. The molecule has 0 N–H and O–H groups in total. The van der Waals surface area contributed by atoms with E-state index >= 15 is 0 Å². The lowest BCUT2D eigenvalue weighted by Gasteiger charge is -2.00. The van der Waals surface area contributed by atoms with E-state index in [0.29, 0.717) is 5.75 Å². The summed E-state index contributed by atoms with van der Waals surface area (Å²) in [5.41, 5.74) is 2.70. The molecule has 1 aliphatic heterocycles. The lowest BCUT2D eigenvalue weighted by atomic mass is 10.1. The molecule has 114 valence electrons. The summed E-state index contributed by atoms with van der Waals surface area (Å²) in [6, 6.07) is 12.1. The molecule has 0 aliphatic carbocycles. The van der Waals surface area contributed by atoms with Gasteiger partial charge in [-0.25, -0.2) is 4.98 Å². The van der Waals surface area contributed by atoms with Gasteiger partial charge in [-0.2, -0.15) is 0 Å². The quantitative estimate of drug-likeness (QED) is 0.535. The zero-order valence-electron chi connectivity index (χ0n) is 11.8. The van der Waals surface area contributed by atoms with E-state index in [1.54, 1.807) is 12.1 Å². The molecule has 0 saturated heterocycles. The monoisotopic (exact) mass is 326 g/mol. The van der Waals surface area contributed by atoms with E-state index in [2.05, 4.69) is 4.98 Å². The molecule has 0 atom stereocenters. The highest BCUT2D eigenvalue weighted by molar-refractivity contribution is 7.13. The molecule has 7 heteroatoms. The van der Waals surface area contributed by atoms with E-state index in [1.807, 2.05) is 23.6 Å². The summed E-state index contributed by atoms with van der Waals surface area (Å²) in [5.74, 6) is 1.45. The molecule has 2 heterocycles. The summed E-state index contributed by atoms with van der Waals surface area (Å²) in [5, 5.41) is 13.5. The molecule has 0 fully saturated rings. The summed E-state index contributed by atoms with van der Waals surface area (Å²) < 4.78 is 10.7. The summed E-state index contributed by atoms with van der Waals surface area (Å²) in [4.78, 5) is 14.9. The molecule has 3 aromatic rings. The van der Waals surface area contributed by atoms with Crippen LogP contribution in [0.2, 0.25) is 0 Å². The molecule has 1 aromatic heterocycles. The van der Waals surface area contributed by atoms with Crippen LogP contribution in [0.25, 0.3) is 21.8 Å². The van der Waals surface area contributed by atoms with Gasteiger partial charge in [0.25, 0.3) is 5.69 Å². The van der Waals surface area contributed by atoms with Crippen molar-refractivity contribution in [2.24, 2.45) is 0 Å². The number of benzene rings is 2. The second-order valence-electron chi connectivity index (χ2n) is 4.91. The fraction of sp³-hybridized carbons (Fsp3) is 0.0625. The predicted octanol–water partition coefficient (Wildman–Crippen LogP) is 4.11. The number of hydrogen-bond acceptors (Lipinski definition) is 6. The zero-order chi connectivity index (χ0) is 15.8. The molecule has 0 radical (unpaired) electrons. The Morgan fingerprint density at radius 2 is 1.78 bits per heavy atom. The first-order valence-electron chi connectivity index (χ1n) is 6.81. The van der Waals surface area contributed by atoms with Crippen molar-refractivity contribution in [1.29, 1.82) is 0 Å². The lowest BCUT2D eigenvalue weighted by molar-refractivity contribution is -0.384. The average Bonchev–Trinajstić information content (AvgIpc) is 3.23. The molecular formula is C16H10N2O4S. The van der Waals surface area contributed by atoms with Gasteiger partial charge in [-0.1, -0.05) is 0 Å². The topological polar surface area (TPSA) is 74.5 Å². The molecule has 0 bridgehead atoms. The van der Waals surface area contributed by atoms with Crippen LogP contribution in [-0.2, 0) is 0 Å². The Hall–Kier alpha value is -2.93. The van der Waals surface area contributed by atoms with Crippen molar-refractivity contribution < 1.29 is 14.4 Å². The van der Waals surface area contributed by atoms with Crippen molar-refractivity contribution in [2.75, 3.05) is 6.79 Å². The van der Waals surface area contributed by atoms with Gasteiger partial charge in [-0.3, -0.25) is 10.1 Å². The van der Waals surface area contributed by atoms with Gasteiger partial charge in [0.2, 0.25) is 6.79 Å². The number of aromatic nitrogens is 1. The van der Waals surface area contributed by atoms with Gasteiger partial charge in [0.1, 0.15) is 5.01 Å². The Balaban J connectivity index is 1.65. The van der Waals surface area contributed by atoms with Gasteiger partial charge in [-0.15, -0.1) is 11.3 Å². The van der Waals surface area contributed by atoms with E-state index in [0.717, 1.165) is 27.6 Å². The van der Waals surface area contributed by atoms with Crippen LogP contribution < -0.4 is 9.47 Å². The molecule has 23 heavy (non-hydrogen) atoms. The SMILES string of the molecule is O=[N+]([O-])c1ccc(-c2nc(-c3ccc4c(c3)OCO4)cs2)cc1. The van der Waals surface area contributed by atoms with Crippen molar-refractivity contribution in [3.8, 4) is 33.3 Å². The largest absolute Gasteiger partial charge is 0.454 e. The van der Waals surface area contributed by atoms with Crippen molar-refractivity contribution in [3.05, 3.63) is 58.0 Å². The molecule has 0 amide bonds. The number of nitrogens with zero attached hydrogens (tertiary/aromatic N) is 2. The average molecular weight is 326 g/mol. The Labute approximate surface area is 135 Å². The number of nitro groups is 1. The minimum atomic E-state index is -0.413. The highest BCUT2D eigenvalue weighted by Gasteiger charge is 2.15. The van der Waals surface area contributed by atoms with E-state index in [1.165, 1.54) is 23.5 Å². The molecule has 6 nitrogen and oxygen atoms in total. The Morgan fingerprint density at radius 1 is 1.04 bits per heavy atom. The molecule has 1 aliphatic rings. The van der Waals surface area contributed by atoms with Crippen LogP contribution in [-0.4, -0.2) is 16.7 Å². The first kappa shape index (κ1) is 13.7. The lowest BCUT2D eigenvalue weighted by Crippen LogP contribution is -1.92. The van der Waals surface area contributed by atoms with E-state index < -0.39 is 4.92 Å². The number of hydrogen-bond donors (Lipinski definition) is 0. The van der Waals surface area contributed by atoms with E-state index in [9.17, 15) is 10.1 Å². The number of fused-ring (bicyclic) bond motifs is 1. The van der Waals surface area contributed by atoms with Gasteiger partial charge in [0, 0.05) is 28.6 Å². The summed E-state index contributed by atoms with van der Waals surface area (Å²) >= 11 is 1.49. The van der Waals surface area contributed by atoms with Gasteiger partial charge in [-0.05, 0) is 30.3 Å². The minimum absolute atomic E-state index is 0.0706. The third kappa shape index (κ3) is 2.51. The van der Waals surface area contributed by atoms with Crippen LogP contribution >= 0.6 is 11.3 Å². The number of non-ortho nitro benzene ring substituents is 1. The van der Waals surface area contributed by atoms with Crippen molar-refractivity contribution in [3.63, 3.8) is 0 Å². The maximum atomic E-state index is 10.7. The number of thiazole rings is 1. The summed E-state index contributed by atoms with van der Waals surface area (Å²) in [7, 11) is 0. The molecular weight excluding hydrogens is 316 g/mol. The highest BCUT2D eigenvalue weighted by Crippen LogP contribution is 2.37. The van der Waals surface area contributed by atoms with Crippen LogP contribution in [0.15, 0.2) is 47.8 Å². The normalized spacial score (nSPS) is 12.3. The van der Waals surface area contributed by atoms with E-state index in [4.69, 9.17) is 9.47 Å². The Morgan fingerprint density at radius 3 is 2.57 bits per heavy atom. The van der Waals surface area contributed by atoms with Crippen LogP contribution in [0, 0.1) is 10.1 Å². The Bertz CT molecular complexity index is 889. The third-order valence-electron chi connectivity index (χ3n) is 3.50. The van der Waals surface area contributed by atoms with Gasteiger partial charge < -0.3 is 9.47 Å².